The van der Waals surface area contributed by atoms with Gasteiger partial charge in [-0.3, -0.25) is 9.59 Å². The Hall–Kier alpha value is -3.14. The van der Waals surface area contributed by atoms with E-state index in [9.17, 15) is 19.2 Å². The molecule has 1 amide bonds. The maximum Gasteiger partial charge on any atom is 0.356 e. The van der Waals surface area contributed by atoms with Gasteiger partial charge in [-0.2, -0.15) is 0 Å². The van der Waals surface area contributed by atoms with Crippen LogP contribution in [0.15, 0.2) is 12.4 Å². The summed E-state index contributed by atoms with van der Waals surface area (Å²) < 4.78 is 4.97. The van der Waals surface area contributed by atoms with Crippen molar-refractivity contribution in [3.05, 3.63) is 39.8 Å². The first-order valence-corrected chi connectivity index (χ1v) is 8.26. The smallest absolute Gasteiger partial charge is 0.356 e. The Labute approximate surface area is 152 Å². The molecule has 0 atom stereocenters. The number of carbonyl (C=O) groups excluding carboxylic acids is 3. The van der Waals surface area contributed by atoms with Crippen molar-refractivity contribution in [2.24, 2.45) is 0 Å². The van der Waals surface area contributed by atoms with Gasteiger partial charge in [-0.25, -0.2) is 19.6 Å². The third-order valence-electron chi connectivity index (χ3n) is 3.29. The largest absolute Gasteiger partial charge is 0.476 e. The number of carbonyl (C=O) groups is 4. The summed E-state index contributed by atoms with van der Waals surface area (Å²) in [7, 11) is 0. The minimum absolute atomic E-state index is 0.0520. The second kappa shape index (κ2) is 7.83. The highest BCUT2D eigenvalue weighted by molar-refractivity contribution is 7.18. The number of ether oxygens (including phenoxy) is 1. The Morgan fingerprint density at radius 2 is 1.81 bits per heavy atom. The van der Waals surface area contributed by atoms with Crippen molar-refractivity contribution in [1.29, 1.82) is 0 Å². The molecule has 2 rings (SSSR count). The van der Waals surface area contributed by atoms with Crippen LogP contribution in [0.2, 0.25) is 0 Å². The Kier molecular flexibility index (Phi) is 5.78. The summed E-state index contributed by atoms with van der Waals surface area (Å²) in [6, 6.07) is 0. The number of nitrogens with one attached hydrogen (secondary N) is 1. The van der Waals surface area contributed by atoms with E-state index in [2.05, 4.69) is 15.3 Å². The molecule has 9 nitrogen and oxygen atoms in total. The molecule has 0 spiro atoms. The minimum Gasteiger partial charge on any atom is -0.476 e. The van der Waals surface area contributed by atoms with Crippen molar-refractivity contribution < 1.29 is 29.0 Å². The van der Waals surface area contributed by atoms with Crippen molar-refractivity contribution in [3.8, 4) is 0 Å². The summed E-state index contributed by atoms with van der Waals surface area (Å²) in [5, 5.41) is 11.6. The van der Waals surface area contributed by atoms with Crippen molar-refractivity contribution in [2.45, 2.75) is 20.8 Å². The minimum atomic E-state index is -1.42. The number of rotatable bonds is 6. The number of aromatic carboxylic acids is 1. The zero-order valence-electron chi connectivity index (χ0n) is 14.2. The van der Waals surface area contributed by atoms with Crippen LogP contribution in [-0.2, 0) is 4.74 Å². The average molecular weight is 377 g/mol. The summed E-state index contributed by atoms with van der Waals surface area (Å²) in [6.07, 6.45) is 2.32. The fraction of sp³-hybridized carbons (Fsp3) is 0.250. The number of carboxylic acids is 1. The fourth-order valence-corrected chi connectivity index (χ4v) is 3.29. The number of aromatic nitrogens is 2. The van der Waals surface area contributed by atoms with Crippen LogP contribution in [0, 0.1) is 6.92 Å². The molecule has 0 unspecified atom stereocenters. The van der Waals surface area contributed by atoms with Crippen LogP contribution >= 0.6 is 11.3 Å². The topological polar surface area (TPSA) is 136 Å². The van der Waals surface area contributed by atoms with E-state index >= 15 is 0 Å². The number of Topliss-reactive ketones (excluding diaryl/α,β-unsaturated/α-hetero) is 1. The van der Waals surface area contributed by atoms with Crippen molar-refractivity contribution >= 4 is 40.0 Å². The Morgan fingerprint density at radius 3 is 2.35 bits per heavy atom. The van der Waals surface area contributed by atoms with Gasteiger partial charge in [-0.1, -0.05) is 0 Å². The Bertz CT molecular complexity index is 905. The molecular formula is C16H15N3O6S. The van der Waals surface area contributed by atoms with E-state index < -0.39 is 29.2 Å². The number of amides is 1. The molecule has 0 radical (unpaired) electrons. The van der Waals surface area contributed by atoms with E-state index in [1.165, 1.54) is 13.1 Å². The van der Waals surface area contributed by atoms with E-state index in [-0.39, 0.29) is 23.0 Å². The van der Waals surface area contributed by atoms with Crippen LogP contribution in [0.3, 0.4) is 0 Å². The third-order valence-corrected chi connectivity index (χ3v) is 4.60. The average Bonchev–Trinajstić information content (AvgIpc) is 2.91. The molecule has 2 N–H and O–H groups in total. The monoisotopic (exact) mass is 377 g/mol. The van der Waals surface area contributed by atoms with Crippen molar-refractivity contribution in [1.82, 2.24) is 9.97 Å². The maximum absolute atomic E-state index is 12.5. The van der Waals surface area contributed by atoms with Gasteiger partial charge in [0, 0.05) is 12.4 Å². The van der Waals surface area contributed by atoms with E-state index in [1.807, 2.05) is 0 Å². The zero-order valence-corrected chi connectivity index (χ0v) is 15.0. The lowest BCUT2D eigenvalue weighted by atomic mass is 10.1. The van der Waals surface area contributed by atoms with Crippen LogP contribution in [0.5, 0.6) is 0 Å². The summed E-state index contributed by atoms with van der Waals surface area (Å²) in [5.41, 5.74) is -0.502. The molecule has 26 heavy (non-hydrogen) atoms. The lowest BCUT2D eigenvalue weighted by molar-refractivity contribution is 0.0526. The van der Waals surface area contributed by atoms with Gasteiger partial charge in [0.05, 0.1) is 17.0 Å². The molecule has 2 heterocycles. The molecule has 0 aliphatic carbocycles. The predicted octanol–water partition coefficient (Wildman–Crippen LogP) is 2.18. The molecule has 0 aromatic carbocycles. The summed E-state index contributed by atoms with van der Waals surface area (Å²) in [6.45, 7) is 4.65. The van der Waals surface area contributed by atoms with E-state index in [0.717, 1.165) is 17.5 Å². The number of esters is 1. The van der Waals surface area contributed by atoms with Gasteiger partial charge in [0.2, 0.25) is 0 Å². The second-order valence-electron chi connectivity index (χ2n) is 5.05. The third kappa shape index (κ3) is 3.75. The standard InChI is InChI=1S/C16H15N3O6S/c1-4-25-16(24)9-7(2)12(8(3)20)26-14(9)19-13(21)10-11(15(22)23)18-6-5-17-10/h5-6H,4H2,1-3H3,(H,19,21)(H,22,23). The first kappa shape index (κ1) is 19.2. The summed E-state index contributed by atoms with van der Waals surface area (Å²) in [4.78, 5) is 55.3. The number of hydrogen-bond donors (Lipinski definition) is 2. The van der Waals surface area contributed by atoms with Crippen molar-refractivity contribution in [3.63, 3.8) is 0 Å². The number of hydrogen-bond acceptors (Lipinski definition) is 8. The SMILES string of the molecule is CCOC(=O)c1c(NC(=O)c2nccnc2C(=O)O)sc(C(C)=O)c1C. The van der Waals surface area contributed by atoms with Gasteiger partial charge < -0.3 is 15.2 Å². The van der Waals surface area contributed by atoms with Gasteiger partial charge in [0.15, 0.2) is 17.2 Å². The quantitative estimate of drug-likeness (QED) is 0.577. The highest BCUT2D eigenvalue weighted by Gasteiger charge is 2.27. The lowest BCUT2D eigenvalue weighted by Gasteiger charge is -2.07. The molecule has 0 fully saturated rings. The molecular weight excluding hydrogens is 362 g/mol. The van der Waals surface area contributed by atoms with Gasteiger partial charge in [0.1, 0.15) is 5.00 Å². The van der Waals surface area contributed by atoms with E-state index in [1.54, 1.807) is 13.8 Å². The first-order chi connectivity index (χ1) is 12.3. The summed E-state index contributed by atoms with van der Waals surface area (Å²) >= 11 is 0.908. The van der Waals surface area contributed by atoms with Crippen LogP contribution in [0.1, 0.15) is 60.4 Å². The molecule has 136 valence electrons. The molecule has 10 heteroatoms. The number of nitrogens with zero attached hydrogens (tertiary/aromatic N) is 2. The number of ketones is 1. The van der Waals surface area contributed by atoms with E-state index in [4.69, 9.17) is 9.84 Å². The second-order valence-corrected chi connectivity index (χ2v) is 6.07. The van der Waals surface area contributed by atoms with Gasteiger partial charge >= 0.3 is 11.9 Å². The van der Waals surface area contributed by atoms with Crippen LogP contribution in [0.4, 0.5) is 5.00 Å². The molecule has 2 aromatic rings. The number of carboxylic acid groups (broad SMARTS) is 1. The van der Waals surface area contributed by atoms with Crippen LogP contribution in [-0.4, -0.2) is 45.3 Å². The van der Waals surface area contributed by atoms with Gasteiger partial charge in [0.25, 0.3) is 5.91 Å². The molecule has 0 saturated heterocycles. The van der Waals surface area contributed by atoms with Crippen molar-refractivity contribution in [2.75, 3.05) is 11.9 Å². The first-order valence-electron chi connectivity index (χ1n) is 7.45. The molecule has 2 aromatic heterocycles. The summed E-state index contributed by atoms with van der Waals surface area (Å²) in [5.74, 6) is -3.25. The van der Waals surface area contributed by atoms with Gasteiger partial charge in [-0.15, -0.1) is 11.3 Å². The normalized spacial score (nSPS) is 10.3. The Morgan fingerprint density at radius 1 is 1.19 bits per heavy atom. The molecule has 0 aliphatic heterocycles. The fourth-order valence-electron chi connectivity index (χ4n) is 2.21. The highest BCUT2D eigenvalue weighted by Crippen LogP contribution is 2.34. The highest BCUT2D eigenvalue weighted by atomic mass is 32.1. The van der Waals surface area contributed by atoms with Crippen LogP contribution < -0.4 is 5.32 Å². The molecule has 0 aliphatic rings. The van der Waals surface area contributed by atoms with Gasteiger partial charge in [-0.05, 0) is 26.3 Å². The zero-order chi connectivity index (χ0) is 19.4. The number of anilines is 1. The Balaban J connectivity index is 2.47. The number of thiophene rings is 1. The maximum atomic E-state index is 12.5. The predicted molar refractivity (Wildman–Crippen MR) is 92.0 cm³/mol. The molecule has 0 bridgehead atoms. The van der Waals surface area contributed by atoms with Crippen LogP contribution in [0.25, 0.3) is 0 Å². The lowest BCUT2D eigenvalue weighted by Crippen LogP contribution is -2.20. The van der Waals surface area contributed by atoms with E-state index in [0.29, 0.717) is 10.4 Å². The molecule has 0 saturated carbocycles.